The molecular weight excluding hydrogens is 1500 g/mol. The molecule has 26 heteroatoms. The van der Waals surface area contributed by atoms with Crippen molar-refractivity contribution in [2.45, 2.75) is 102 Å². The Balaban J connectivity index is 0.563. The molecule has 0 bridgehead atoms. The molecule has 4 unspecified atom stereocenters. The molecule has 0 aliphatic rings. The van der Waals surface area contributed by atoms with E-state index >= 15 is 0 Å². The molecule has 10 rings (SSSR count). The van der Waals surface area contributed by atoms with E-state index < -0.39 is 47.9 Å². The second-order valence-corrected chi connectivity index (χ2v) is 28.4. The van der Waals surface area contributed by atoms with Crippen molar-refractivity contribution >= 4 is 80.6 Å². The fourth-order valence-corrected chi connectivity index (χ4v) is 13.2. The standard InChI is InChI=1S/C92H104N10O16/c1-63-39-43-95-83(57-63)93-41-9-19-87(105)99-81(91(111)101-79(61-89(107)108)71-29-25-69(26-30-71)77-17-7-13-67-11-3-5-15-75(67)77)59-65-21-33-73(34-22-65)117-55-53-115-51-49-113-47-45-97-85(103)37-38-86(104)98-46-48-114-50-52-116-54-56-118-74-35-23-66(24-36-74)60-82(100-88(106)20-10-42-94-84-58-64(2)40-44-96-84)92(112)102-80(62-90(109)110)72-31-27-70(28-32-72)78-18-8-14-68-12-4-6-16-76(68)78/h3-8,11-18,21-36,39-40,43-44,57-58,79-82H,9-10,19-20,37-38,41-42,45-56,59-62H2,1-2H3,(H,93,95)(H,94,96)(H,97,103)(H,98,104)(H,99,105)(H,100,106)(H,101,111)(H,102,112)(H,107,108)(H,109,110). The zero-order valence-electron chi connectivity index (χ0n) is 66.6. The number of aliphatic carboxylic acids is 2. The van der Waals surface area contributed by atoms with Crippen LogP contribution in [0.5, 0.6) is 11.5 Å². The summed E-state index contributed by atoms with van der Waals surface area (Å²) in [5.41, 5.74) is 8.68. The van der Waals surface area contributed by atoms with Crippen LogP contribution in [0.1, 0.15) is 96.8 Å². The van der Waals surface area contributed by atoms with Crippen LogP contribution < -0.4 is 52.0 Å². The highest BCUT2D eigenvalue weighted by Gasteiger charge is 2.29. The number of hydrogen-bond acceptors (Lipinski definition) is 18. The molecule has 2 aromatic heterocycles. The molecular formula is C92H104N10O16. The van der Waals surface area contributed by atoms with Crippen molar-refractivity contribution in [1.29, 1.82) is 0 Å². The summed E-state index contributed by atoms with van der Waals surface area (Å²) >= 11 is 0. The number of pyridine rings is 2. The number of nitrogens with zero attached hydrogens (tertiary/aromatic N) is 2. The van der Waals surface area contributed by atoms with Gasteiger partial charge < -0.3 is 81.2 Å². The molecule has 0 saturated carbocycles. The Kier molecular flexibility index (Phi) is 35.3. The highest BCUT2D eigenvalue weighted by atomic mass is 16.6. The second kappa shape index (κ2) is 47.4. The number of benzene rings is 8. The smallest absolute Gasteiger partial charge is 0.305 e. The predicted octanol–water partition coefficient (Wildman–Crippen LogP) is 11.8. The van der Waals surface area contributed by atoms with Gasteiger partial charge in [-0.3, -0.25) is 38.4 Å². The lowest BCUT2D eigenvalue weighted by Crippen LogP contribution is -2.49. The first-order valence-electron chi connectivity index (χ1n) is 39.9. The third-order valence-corrected chi connectivity index (χ3v) is 19.3. The number of carbonyl (C=O) groups excluding carboxylic acids is 6. The van der Waals surface area contributed by atoms with Crippen LogP contribution in [0.15, 0.2) is 219 Å². The molecule has 10 aromatic rings. The quantitative estimate of drug-likeness (QED) is 0.0158. The Labute approximate surface area is 686 Å². The summed E-state index contributed by atoms with van der Waals surface area (Å²) in [5.74, 6) is -2.02. The molecule has 0 aliphatic heterocycles. The minimum Gasteiger partial charge on any atom is -0.491 e. The zero-order valence-corrected chi connectivity index (χ0v) is 66.6. The SMILES string of the molecule is Cc1ccnc(NCCCC(=O)NC(Cc2ccc(OCCOCCOCCNC(=O)CCC(=O)NCCOCCOCCOc3ccc(CC(NC(=O)CCCNc4cc(C)ccn4)C(=O)NC(CC(=O)O)c4ccc(-c5cccc6ccccc56)cc4)cc3)cc2)C(=O)NC(CC(=O)O)c2ccc(-c3cccc4ccccc34)cc2)c1. The Morgan fingerprint density at radius 3 is 1.14 bits per heavy atom. The summed E-state index contributed by atoms with van der Waals surface area (Å²) < 4.78 is 34.4. The zero-order chi connectivity index (χ0) is 83.1. The van der Waals surface area contributed by atoms with Crippen molar-refractivity contribution in [1.82, 2.24) is 41.9 Å². The third kappa shape index (κ3) is 29.9. The van der Waals surface area contributed by atoms with Gasteiger partial charge in [-0.25, -0.2) is 9.97 Å². The molecule has 618 valence electrons. The summed E-state index contributed by atoms with van der Waals surface area (Å²) in [5, 5.41) is 48.0. The van der Waals surface area contributed by atoms with Crippen molar-refractivity contribution in [2.24, 2.45) is 0 Å². The van der Waals surface area contributed by atoms with Gasteiger partial charge in [-0.15, -0.1) is 0 Å². The molecule has 0 aliphatic carbocycles. The minimum atomic E-state index is -1.10. The van der Waals surface area contributed by atoms with E-state index in [1.807, 2.05) is 159 Å². The molecule has 26 nitrogen and oxygen atoms in total. The van der Waals surface area contributed by atoms with E-state index in [9.17, 15) is 48.6 Å². The maximum Gasteiger partial charge on any atom is 0.305 e. The number of carbonyl (C=O) groups is 8. The van der Waals surface area contributed by atoms with Crippen LogP contribution in [0.3, 0.4) is 0 Å². The summed E-state index contributed by atoms with van der Waals surface area (Å²) in [4.78, 5) is 113. The van der Waals surface area contributed by atoms with Crippen molar-refractivity contribution in [3.63, 3.8) is 0 Å². The summed E-state index contributed by atoms with van der Waals surface area (Å²) in [7, 11) is 0. The summed E-state index contributed by atoms with van der Waals surface area (Å²) in [6.45, 7) is 7.98. The maximum absolute atomic E-state index is 14.2. The average molecular weight is 1610 g/mol. The van der Waals surface area contributed by atoms with Crippen LogP contribution in [0.25, 0.3) is 43.8 Å². The number of carboxylic acids is 2. The summed E-state index contributed by atoms with van der Waals surface area (Å²) in [6, 6.07) is 61.2. The number of carboxylic acid groups (broad SMARTS) is 2. The van der Waals surface area contributed by atoms with Crippen molar-refractivity contribution < 1.29 is 77.0 Å². The van der Waals surface area contributed by atoms with Gasteiger partial charge in [0.05, 0.1) is 77.8 Å². The Morgan fingerprint density at radius 2 is 0.746 bits per heavy atom. The number of rotatable bonds is 51. The largest absolute Gasteiger partial charge is 0.491 e. The molecule has 2 heterocycles. The number of hydrogen-bond donors (Lipinski definition) is 10. The third-order valence-electron chi connectivity index (χ3n) is 19.3. The van der Waals surface area contributed by atoms with Crippen molar-refractivity contribution in [3.8, 4) is 33.8 Å². The van der Waals surface area contributed by atoms with Crippen LogP contribution in [0, 0.1) is 13.8 Å². The molecule has 10 N–H and O–H groups in total. The van der Waals surface area contributed by atoms with E-state index in [2.05, 4.69) is 64.6 Å². The van der Waals surface area contributed by atoms with Gasteiger partial charge in [-0.05, 0) is 152 Å². The van der Waals surface area contributed by atoms with Gasteiger partial charge in [0.1, 0.15) is 48.4 Å². The number of ether oxygens (including phenoxy) is 6. The van der Waals surface area contributed by atoms with Crippen molar-refractivity contribution in [2.75, 3.05) is 103 Å². The van der Waals surface area contributed by atoms with Gasteiger partial charge in [0.15, 0.2) is 0 Å². The van der Waals surface area contributed by atoms with Gasteiger partial charge in [-0.2, -0.15) is 0 Å². The Morgan fingerprint density at radius 1 is 0.373 bits per heavy atom. The molecule has 6 amide bonds. The normalized spacial score (nSPS) is 12.1. The number of anilines is 2. The molecule has 118 heavy (non-hydrogen) atoms. The fraction of sp³-hybridized carbons (Fsp3) is 0.326. The molecule has 8 aromatic carbocycles. The topological polar surface area (TPSA) is 354 Å². The number of aromatic nitrogens is 2. The van der Waals surface area contributed by atoms with E-state index in [0.717, 1.165) is 66.1 Å². The molecule has 0 saturated heterocycles. The first-order valence-corrected chi connectivity index (χ1v) is 39.9. The van der Waals surface area contributed by atoms with Gasteiger partial charge >= 0.3 is 11.9 Å². The first-order chi connectivity index (χ1) is 57.4. The van der Waals surface area contributed by atoms with Crippen LogP contribution in [0.2, 0.25) is 0 Å². The number of nitrogens with one attached hydrogen (secondary N) is 8. The Hall–Kier alpha value is -12.6. The van der Waals surface area contributed by atoms with Crippen LogP contribution in [-0.4, -0.2) is 172 Å². The molecule has 0 fully saturated rings. The van der Waals surface area contributed by atoms with Gasteiger partial charge in [0.25, 0.3) is 0 Å². The lowest BCUT2D eigenvalue weighted by molar-refractivity contribution is -0.139. The lowest BCUT2D eigenvalue weighted by Gasteiger charge is -2.24. The highest BCUT2D eigenvalue weighted by molar-refractivity contribution is 5.98. The number of aryl methyl sites for hydroxylation is 2. The maximum atomic E-state index is 14.2. The lowest BCUT2D eigenvalue weighted by atomic mass is 9.95. The highest BCUT2D eigenvalue weighted by Crippen LogP contribution is 2.33. The van der Waals surface area contributed by atoms with Crippen LogP contribution in [-0.2, 0) is 70.1 Å². The van der Waals surface area contributed by atoms with Gasteiger partial charge in [0, 0.05) is 77.1 Å². The average Bonchev–Trinajstić information content (AvgIpc) is 0.809. The Bertz CT molecular complexity index is 4580. The van der Waals surface area contributed by atoms with Crippen LogP contribution >= 0.6 is 0 Å². The monoisotopic (exact) mass is 1600 g/mol. The molecule has 0 spiro atoms. The first kappa shape index (κ1) is 87.8. The van der Waals surface area contributed by atoms with E-state index in [4.69, 9.17) is 28.4 Å². The number of fused-ring (bicyclic) bond motifs is 2. The predicted molar refractivity (Wildman–Crippen MR) is 452 cm³/mol. The number of amides is 6. The van der Waals surface area contributed by atoms with E-state index in [0.29, 0.717) is 60.2 Å². The van der Waals surface area contributed by atoms with E-state index in [1.165, 1.54) is 0 Å². The molecule has 4 atom stereocenters. The van der Waals surface area contributed by atoms with E-state index in [1.54, 1.807) is 60.9 Å². The van der Waals surface area contributed by atoms with E-state index in [-0.39, 0.29) is 154 Å². The van der Waals surface area contributed by atoms with Gasteiger partial charge in [0.2, 0.25) is 35.4 Å². The minimum absolute atomic E-state index is 0.00200. The van der Waals surface area contributed by atoms with Gasteiger partial charge in [-0.1, -0.05) is 158 Å². The fourth-order valence-electron chi connectivity index (χ4n) is 13.2. The second-order valence-electron chi connectivity index (χ2n) is 28.4. The van der Waals surface area contributed by atoms with Crippen LogP contribution in [0.4, 0.5) is 11.6 Å². The molecule has 0 radical (unpaired) electrons. The summed E-state index contributed by atoms with van der Waals surface area (Å²) in [6.07, 6.45) is 4.06. The van der Waals surface area contributed by atoms with Crippen molar-refractivity contribution in [3.05, 3.63) is 252 Å².